The van der Waals surface area contributed by atoms with Gasteiger partial charge in [-0.15, -0.1) is 11.8 Å². The topological polar surface area (TPSA) is 86.8 Å². The summed E-state index contributed by atoms with van der Waals surface area (Å²) in [5, 5.41) is 3.00. The summed E-state index contributed by atoms with van der Waals surface area (Å²) in [5.74, 6) is -0.708. The van der Waals surface area contributed by atoms with Crippen molar-refractivity contribution in [3.63, 3.8) is 0 Å². The number of carbonyl (C=O) groups is 2. The smallest absolute Gasteiger partial charge is 0.264 e. The van der Waals surface area contributed by atoms with Crippen LogP contribution < -0.4 is 9.62 Å². The Labute approximate surface area is 249 Å². The van der Waals surface area contributed by atoms with Crippen molar-refractivity contribution in [3.05, 3.63) is 90.0 Å². The summed E-state index contributed by atoms with van der Waals surface area (Å²) < 4.78 is 29.1. The van der Waals surface area contributed by atoms with Crippen LogP contribution >= 0.6 is 11.8 Å². The molecule has 3 aromatic rings. The lowest BCUT2D eigenvalue weighted by molar-refractivity contribution is -0.140. The average Bonchev–Trinajstić information content (AvgIpc) is 2.94. The predicted molar refractivity (Wildman–Crippen MR) is 168 cm³/mol. The van der Waals surface area contributed by atoms with Crippen molar-refractivity contribution in [2.45, 2.75) is 68.8 Å². The minimum absolute atomic E-state index is 0.0945. The van der Waals surface area contributed by atoms with Crippen LogP contribution in [0.1, 0.15) is 45.2 Å². The van der Waals surface area contributed by atoms with E-state index in [1.165, 1.54) is 16.7 Å². The van der Waals surface area contributed by atoms with Crippen molar-refractivity contribution in [2.75, 3.05) is 23.7 Å². The number of aryl methyl sites for hydroxylation is 1. The maximum atomic E-state index is 14.1. The standard InChI is InChI=1S/C32H41N3O4S2/c1-7-29(31(37)33-32(3,4)5)34(22-21-25-11-9-8-10-12-25)30(36)23-35(26-15-13-24(2)14-16-26)41(38,39)28-19-17-27(40-6)18-20-28/h8-20,29H,7,21-23H2,1-6H3,(H,33,37). The first-order chi connectivity index (χ1) is 19.4. The van der Waals surface area contributed by atoms with E-state index in [0.29, 0.717) is 18.5 Å². The molecular weight excluding hydrogens is 555 g/mol. The highest BCUT2D eigenvalue weighted by molar-refractivity contribution is 7.98. The Hall–Kier alpha value is -3.30. The molecule has 0 heterocycles. The van der Waals surface area contributed by atoms with Crippen LogP contribution in [0, 0.1) is 6.92 Å². The zero-order valence-electron chi connectivity index (χ0n) is 24.8. The highest BCUT2D eigenvalue weighted by Crippen LogP contribution is 2.26. The minimum atomic E-state index is -4.09. The average molecular weight is 596 g/mol. The second-order valence-electron chi connectivity index (χ2n) is 11.0. The van der Waals surface area contributed by atoms with Crippen molar-refractivity contribution in [1.82, 2.24) is 10.2 Å². The van der Waals surface area contributed by atoms with Gasteiger partial charge in [-0.25, -0.2) is 8.42 Å². The highest BCUT2D eigenvalue weighted by atomic mass is 32.2. The fourth-order valence-corrected chi connectivity index (χ4v) is 6.29. The van der Waals surface area contributed by atoms with Crippen LogP contribution in [0.3, 0.4) is 0 Å². The second-order valence-corrected chi connectivity index (χ2v) is 13.8. The monoisotopic (exact) mass is 595 g/mol. The number of amides is 2. The van der Waals surface area contributed by atoms with E-state index in [-0.39, 0.29) is 17.3 Å². The Balaban J connectivity index is 2.01. The molecule has 0 saturated carbocycles. The number of thioether (sulfide) groups is 1. The number of nitrogens with zero attached hydrogens (tertiary/aromatic N) is 2. The number of hydrogen-bond donors (Lipinski definition) is 1. The Kier molecular flexibility index (Phi) is 11.0. The molecule has 0 aromatic heterocycles. The van der Waals surface area contributed by atoms with Gasteiger partial charge in [-0.3, -0.25) is 13.9 Å². The number of carbonyl (C=O) groups excluding carboxylic acids is 2. The Morgan fingerprint density at radius 3 is 2.07 bits per heavy atom. The van der Waals surface area contributed by atoms with Gasteiger partial charge in [0.2, 0.25) is 11.8 Å². The molecule has 0 bridgehead atoms. The van der Waals surface area contributed by atoms with Crippen LogP contribution in [0.15, 0.2) is 88.7 Å². The van der Waals surface area contributed by atoms with E-state index in [0.717, 1.165) is 20.3 Å². The van der Waals surface area contributed by atoms with Crippen molar-refractivity contribution >= 4 is 39.3 Å². The number of benzene rings is 3. The van der Waals surface area contributed by atoms with Gasteiger partial charge in [0.25, 0.3) is 10.0 Å². The molecule has 1 N–H and O–H groups in total. The lowest BCUT2D eigenvalue weighted by Gasteiger charge is -2.34. The summed E-state index contributed by atoms with van der Waals surface area (Å²) in [6, 6.07) is 22.6. The Morgan fingerprint density at radius 2 is 1.54 bits per heavy atom. The first kappa shape index (κ1) is 32.2. The summed E-state index contributed by atoms with van der Waals surface area (Å²) in [5.41, 5.74) is 1.89. The molecule has 0 saturated heterocycles. The number of sulfonamides is 1. The van der Waals surface area contributed by atoms with Gasteiger partial charge in [0.05, 0.1) is 10.6 Å². The third-order valence-corrected chi connectivity index (χ3v) is 9.15. The molecule has 2 amide bonds. The largest absolute Gasteiger partial charge is 0.350 e. The molecule has 7 nitrogen and oxygen atoms in total. The quantitative estimate of drug-likeness (QED) is 0.273. The van der Waals surface area contributed by atoms with Crippen LogP contribution in [0.25, 0.3) is 0 Å². The molecule has 0 radical (unpaired) electrons. The molecule has 220 valence electrons. The number of nitrogens with one attached hydrogen (secondary N) is 1. The summed E-state index contributed by atoms with van der Waals surface area (Å²) in [7, 11) is -4.09. The van der Waals surface area contributed by atoms with Gasteiger partial charge in [-0.2, -0.15) is 0 Å². The van der Waals surface area contributed by atoms with E-state index in [1.807, 2.05) is 83.3 Å². The molecule has 41 heavy (non-hydrogen) atoms. The molecule has 0 aliphatic carbocycles. The number of anilines is 1. The predicted octanol–water partition coefficient (Wildman–Crippen LogP) is 5.68. The maximum absolute atomic E-state index is 14.1. The van der Waals surface area contributed by atoms with E-state index in [4.69, 9.17) is 0 Å². The first-order valence-corrected chi connectivity index (χ1v) is 16.4. The zero-order valence-corrected chi connectivity index (χ0v) is 26.4. The van der Waals surface area contributed by atoms with Gasteiger partial charge in [0.15, 0.2) is 0 Å². The van der Waals surface area contributed by atoms with Crippen molar-refractivity contribution in [3.8, 4) is 0 Å². The van der Waals surface area contributed by atoms with Crippen LogP contribution in [-0.2, 0) is 26.0 Å². The third kappa shape index (κ3) is 8.84. The summed E-state index contributed by atoms with van der Waals surface area (Å²) in [6.07, 6.45) is 2.83. The number of rotatable bonds is 12. The Morgan fingerprint density at radius 1 is 0.927 bits per heavy atom. The van der Waals surface area contributed by atoms with Gasteiger partial charge in [0.1, 0.15) is 12.6 Å². The van der Waals surface area contributed by atoms with Gasteiger partial charge >= 0.3 is 0 Å². The lowest BCUT2D eigenvalue weighted by Crippen LogP contribution is -2.56. The van der Waals surface area contributed by atoms with E-state index >= 15 is 0 Å². The van der Waals surface area contributed by atoms with Gasteiger partial charge in [-0.05, 0) is 88.8 Å². The molecule has 9 heteroatoms. The number of hydrogen-bond acceptors (Lipinski definition) is 5. The molecule has 1 atom stereocenters. The molecule has 0 aliphatic heterocycles. The molecular formula is C32H41N3O4S2. The SMILES string of the molecule is CCC(C(=O)NC(C)(C)C)N(CCc1ccccc1)C(=O)CN(c1ccc(C)cc1)S(=O)(=O)c1ccc(SC)cc1. The molecule has 0 spiro atoms. The molecule has 0 fully saturated rings. The minimum Gasteiger partial charge on any atom is -0.350 e. The Bertz CT molecular complexity index is 1400. The third-order valence-electron chi connectivity index (χ3n) is 6.62. The van der Waals surface area contributed by atoms with Crippen molar-refractivity contribution < 1.29 is 18.0 Å². The lowest BCUT2D eigenvalue weighted by atomic mass is 10.1. The van der Waals surface area contributed by atoms with E-state index in [9.17, 15) is 18.0 Å². The molecule has 1 unspecified atom stereocenters. The van der Waals surface area contributed by atoms with Crippen molar-refractivity contribution in [2.24, 2.45) is 0 Å². The maximum Gasteiger partial charge on any atom is 0.264 e. The van der Waals surface area contributed by atoms with Crippen LogP contribution in [0.4, 0.5) is 5.69 Å². The van der Waals surface area contributed by atoms with Crippen LogP contribution in [0.2, 0.25) is 0 Å². The molecule has 3 rings (SSSR count). The fourth-order valence-electron chi connectivity index (χ4n) is 4.46. The van der Waals surface area contributed by atoms with Gasteiger partial charge in [0, 0.05) is 17.0 Å². The van der Waals surface area contributed by atoms with E-state index in [2.05, 4.69) is 5.32 Å². The molecule has 0 aliphatic rings. The summed E-state index contributed by atoms with van der Waals surface area (Å²) in [6.45, 7) is 9.27. The first-order valence-electron chi connectivity index (χ1n) is 13.7. The fraction of sp³-hybridized carbons (Fsp3) is 0.375. The van der Waals surface area contributed by atoms with Crippen LogP contribution in [-0.4, -0.2) is 56.1 Å². The molecule has 3 aromatic carbocycles. The van der Waals surface area contributed by atoms with E-state index < -0.39 is 34.1 Å². The zero-order chi connectivity index (χ0) is 30.2. The van der Waals surface area contributed by atoms with Gasteiger partial charge in [-0.1, -0.05) is 55.0 Å². The van der Waals surface area contributed by atoms with Crippen molar-refractivity contribution in [1.29, 1.82) is 0 Å². The van der Waals surface area contributed by atoms with E-state index in [1.54, 1.807) is 36.4 Å². The normalized spacial score (nSPS) is 12.4. The second kappa shape index (κ2) is 14.0. The van der Waals surface area contributed by atoms with Crippen LogP contribution in [0.5, 0.6) is 0 Å². The summed E-state index contributed by atoms with van der Waals surface area (Å²) in [4.78, 5) is 30.0. The summed E-state index contributed by atoms with van der Waals surface area (Å²) >= 11 is 1.52. The highest BCUT2D eigenvalue weighted by Gasteiger charge is 2.34. The van der Waals surface area contributed by atoms with Gasteiger partial charge < -0.3 is 10.2 Å².